The molecule has 0 radical (unpaired) electrons. The van der Waals surface area contributed by atoms with Crippen molar-refractivity contribution in [2.45, 2.75) is 39.3 Å². The van der Waals surface area contributed by atoms with E-state index in [1.54, 1.807) is 0 Å². The van der Waals surface area contributed by atoms with Crippen LogP contribution >= 0.6 is 11.6 Å². The van der Waals surface area contributed by atoms with Crippen LogP contribution in [0.1, 0.15) is 38.6 Å². The molecule has 0 bridgehead atoms. The molecule has 4 rings (SSSR count). The van der Waals surface area contributed by atoms with Crippen molar-refractivity contribution in [2.24, 2.45) is 5.92 Å². The molecule has 0 atom stereocenters. The smallest absolute Gasteiger partial charge is 0.227 e. The molecule has 1 fully saturated rings. The summed E-state index contributed by atoms with van der Waals surface area (Å²) in [5, 5.41) is 2.87. The summed E-state index contributed by atoms with van der Waals surface area (Å²) in [5.74, 6) is 0.478. The Bertz CT molecular complexity index is 1060. The van der Waals surface area contributed by atoms with Crippen LogP contribution in [0.5, 0.6) is 0 Å². The first kappa shape index (κ1) is 20.8. The fraction of sp³-hybridized carbons (Fsp3) is 0.391. The maximum atomic E-state index is 13.3. The molecular weight excluding hydrogens is 403 g/mol. The van der Waals surface area contributed by atoms with E-state index in [-0.39, 0.29) is 16.8 Å². The van der Waals surface area contributed by atoms with E-state index in [9.17, 15) is 9.18 Å². The van der Waals surface area contributed by atoms with Gasteiger partial charge in [0.15, 0.2) is 0 Å². The summed E-state index contributed by atoms with van der Waals surface area (Å²) in [5.41, 5.74) is 2.71. The maximum absolute atomic E-state index is 13.3. The van der Waals surface area contributed by atoms with E-state index in [4.69, 9.17) is 16.6 Å². The Morgan fingerprint density at radius 1 is 1.23 bits per heavy atom. The number of piperidine rings is 1. The van der Waals surface area contributed by atoms with Crippen LogP contribution in [-0.2, 0) is 11.3 Å². The standard InChI is InChI=1S/C23H26ClFN4O/c1-15(2)29-21-6-4-3-5-20(21)27-22(29)14-28-11-9-16(10-12-28)23(30)26-17-7-8-19(25)18(24)13-17/h3-8,13,15-16H,9-12,14H2,1-2H3,(H,26,30). The minimum atomic E-state index is -0.490. The van der Waals surface area contributed by atoms with E-state index in [0.29, 0.717) is 11.7 Å². The van der Waals surface area contributed by atoms with E-state index < -0.39 is 5.82 Å². The summed E-state index contributed by atoms with van der Waals surface area (Å²) in [6, 6.07) is 12.8. The van der Waals surface area contributed by atoms with Gasteiger partial charge in [-0.15, -0.1) is 0 Å². The molecule has 1 saturated heterocycles. The quantitative estimate of drug-likeness (QED) is 0.603. The van der Waals surface area contributed by atoms with Crippen molar-refractivity contribution in [1.82, 2.24) is 14.5 Å². The molecule has 1 aromatic heterocycles. The largest absolute Gasteiger partial charge is 0.326 e. The lowest BCUT2D eigenvalue weighted by molar-refractivity contribution is -0.121. The summed E-state index contributed by atoms with van der Waals surface area (Å²) in [7, 11) is 0. The Kier molecular flexibility index (Phi) is 6.06. The van der Waals surface area contributed by atoms with E-state index in [1.165, 1.54) is 18.2 Å². The van der Waals surface area contributed by atoms with Crippen LogP contribution in [0.25, 0.3) is 11.0 Å². The number of nitrogens with one attached hydrogen (secondary N) is 1. The summed E-state index contributed by atoms with van der Waals surface area (Å²) >= 11 is 5.80. The predicted molar refractivity (Wildman–Crippen MR) is 118 cm³/mol. The molecule has 0 unspecified atom stereocenters. The molecule has 3 aromatic rings. The molecule has 1 aliphatic heterocycles. The minimum Gasteiger partial charge on any atom is -0.326 e. The average Bonchev–Trinajstić information content (AvgIpc) is 3.09. The number of rotatable bonds is 5. The Hall–Kier alpha value is -2.44. The number of benzene rings is 2. The van der Waals surface area contributed by atoms with Crippen molar-refractivity contribution in [3.63, 3.8) is 0 Å². The first-order valence-corrected chi connectivity index (χ1v) is 10.7. The zero-order valence-electron chi connectivity index (χ0n) is 17.2. The third-order valence-electron chi connectivity index (χ3n) is 5.70. The third-order valence-corrected chi connectivity index (χ3v) is 5.99. The first-order valence-electron chi connectivity index (χ1n) is 10.4. The fourth-order valence-electron chi connectivity index (χ4n) is 4.15. The van der Waals surface area contributed by atoms with Gasteiger partial charge in [0.2, 0.25) is 5.91 Å². The number of fused-ring (bicyclic) bond motifs is 1. The molecule has 0 aliphatic carbocycles. The molecule has 30 heavy (non-hydrogen) atoms. The highest BCUT2D eigenvalue weighted by Gasteiger charge is 2.26. The molecule has 5 nitrogen and oxygen atoms in total. The number of anilines is 1. The molecule has 2 aromatic carbocycles. The van der Waals surface area contributed by atoms with Crippen LogP contribution < -0.4 is 5.32 Å². The highest BCUT2D eigenvalue weighted by molar-refractivity contribution is 6.31. The van der Waals surface area contributed by atoms with Gasteiger partial charge in [-0.05, 0) is 70.1 Å². The molecule has 158 valence electrons. The normalized spacial score (nSPS) is 15.8. The zero-order valence-corrected chi connectivity index (χ0v) is 18.0. The lowest BCUT2D eigenvalue weighted by atomic mass is 9.96. The van der Waals surface area contributed by atoms with Crippen LogP contribution in [0.2, 0.25) is 5.02 Å². The van der Waals surface area contributed by atoms with Crippen molar-refractivity contribution in [3.05, 3.63) is 59.1 Å². The van der Waals surface area contributed by atoms with Crippen molar-refractivity contribution < 1.29 is 9.18 Å². The second-order valence-corrected chi connectivity index (χ2v) is 8.56. The predicted octanol–water partition coefficient (Wildman–Crippen LogP) is 5.26. The number of carbonyl (C=O) groups excluding carboxylic acids is 1. The highest BCUT2D eigenvalue weighted by atomic mass is 35.5. The number of para-hydroxylation sites is 2. The van der Waals surface area contributed by atoms with Crippen molar-refractivity contribution in [2.75, 3.05) is 18.4 Å². The summed E-state index contributed by atoms with van der Waals surface area (Å²) in [6.07, 6.45) is 1.56. The molecule has 7 heteroatoms. The van der Waals surface area contributed by atoms with E-state index in [1.807, 2.05) is 12.1 Å². The second kappa shape index (κ2) is 8.74. The van der Waals surface area contributed by atoms with Gasteiger partial charge in [-0.25, -0.2) is 9.37 Å². The van der Waals surface area contributed by atoms with E-state index >= 15 is 0 Å². The zero-order chi connectivity index (χ0) is 21.3. The Morgan fingerprint density at radius 3 is 2.67 bits per heavy atom. The molecular formula is C23H26ClFN4O. The SMILES string of the molecule is CC(C)n1c(CN2CCC(C(=O)Nc3ccc(F)c(Cl)c3)CC2)nc2ccccc21. The fourth-order valence-corrected chi connectivity index (χ4v) is 4.33. The summed E-state index contributed by atoms with van der Waals surface area (Å²) < 4.78 is 15.6. The molecule has 2 heterocycles. The van der Waals surface area contributed by atoms with Gasteiger partial charge in [-0.1, -0.05) is 23.7 Å². The lowest BCUT2D eigenvalue weighted by Crippen LogP contribution is -2.38. The van der Waals surface area contributed by atoms with E-state index in [0.717, 1.165) is 49.3 Å². The van der Waals surface area contributed by atoms with Crippen molar-refractivity contribution in [3.8, 4) is 0 Å². The Balaban J connectivity index is 1.38. The van der Waals surface area contributed by atoms with Gasteiger partial charge in [0, 0.05) is 17.6 Å². The summed E-state index contributed by atoms with van der Waals surface area (Å²) in [4.78, 5) is 19.8. The molecule has 0 saturated carbocycles. The number of halogens is 2. The van der Waals surface area contributed by atoms with Gasteiger partial charge >= 0.3 is 0 Å². The lowest BCUT2D eigenvalue weighted by Gasteiger charge is -2.31. The first-order chi connectivity index (χ1) is 14.4. The van der Waals surface area contributed by atoms with Crippen LogP contribution in [0, 0.1) is 11.7 Å². The Morgan fingerprint density at radius 2 is 1.97 bits per heavy atom. The van der Waals surface area contributed by atoms with Crippen LogP contribution in [-0.4, -0.2) is 33.4 Å². The maximum Gasteiger partial charge on any atom is 0.227 e. The van der Waals surface area contributed by atoms with Crippen LogP contribution in [0.15, 0.2) is 42.5 Å². The highest BCUT2D eigenvalue weighted by Crippen LogP contribution is 2.26. The number of hydrogen-bond acceptors (Lipinski definition) is 3. The number of aromatic nitrogens is 2. The topological polar surface area (TPSA) is 50.2 Å². The van der Waals surface area contributed by atoms with Crippen molar-refractivity contribution in [1.29, 1.82) is 0 Å². The number of nitrogens with zero attached hydrogens (tertiary/aromatic N) is 3. The molecule has 1 amide bonds. The van der Waals surface area contributed by atoms with Crippen molar-refractivity contribution >= 4 is 34.2 Å². The minimum absolute atomic E-state index is 0.00987. The summed E-state index contributed by atoms with van der Waals surface area (Å²) in [6.45, 7) is 6.80. The van der Waals surface area contributed by atoms with Gasteiger partial charge in [-0.2, -0.15) is 0 Å². The van der Waals surface area contributed by atoms with Gasteiger partial charge in [-0.3, -0.25) is 9.69 Å². The Labute approximate surface area is 180 Å². The molecule has 1 N–H and O–H groups in total. The number of hydrogen-bond donors (Lipinski definition) is 1. The van der Waals surface area contributed by atoms with Crippen LogP contribution in [0.4, 0.5) is 10.1 Å². The third kappa shape index (κ3) is 4.35. The monoisotopic (exact) mass is 428 g/mol. The molecule has 1 aliphatic rings. The van der Waals surface area contributed by atoms with Gasteiger partial charge in [0.1, 0.15) is 11.6 Å². The van der Waals surface area contributed by atoms with Gasteiger partial charge in [0.25, 0.3) is 0 Å². The number of carbonyl (C=O) groups is 1. The number of imidazole rings is 1. The van der Waals surface area contributed by atoms with Crippen LogP contribution in [0.3, 0.4) is 0 Å². The average molecular weight is 429 g/mol. The number of amides is 1. The van der Waals surface area contributed by atoms with Gasteiger partial charge < -0.3 is 9.88 Å². The second-order valence-electron chi connectivity index (χ2n) is 8.15. The van der Waals surface area contributed by atoms with Gasteiger partial charge in [0.05, 0.1) is 22.6 Å². The number of likely N-dealkylation sites (tertiary alicyclic amines) is 1. The molecule has 0 spiro atoms. The van der Waals surface area contributed by atoms with E-state index in [2.05, 4.69) is 40.8 Å².